The zero-order chi connectivity index (χ0) is 21.7. The molecule has 7 nitrogen and oxygen atoms in total. The summed E-state index contributed by atoms with van der Waals surface area (Å²) < 4.78 is 26.7. The fourth-order valence-electron chi connectivity index (χ4n) is 3.01. The minimum absolute atomic E-state index is 0.0308. The van der Waals surface area contributed by atoms with E-state index in [1.54, 1.807) is 0 Å². The first kappa shape index (κ1) is 22.0. The molecule has 30 heavy (non-hydrogen) atoms. The highest BCUT2D eigenvalue weighted by Gasteiger charge is 2.37. The molecule has 1 aliphatic rings. The molecule has 0 aliphatic carbocycles. The van der Waals surface area contributed by atoms with Crippen molar-refractivity contribution in [1.29, 1.82) is 0 Å². The van der Waals surface area contributed by atoms with Crippen LogP contribution in [0.1, 0.15) is 12.0 Å². The van der Waals surface area contributed by atoms with Gasteiger partial charge >= 0.3 is 0 Å². The number of anilines is 1. The van der Waals surface area contributed by atoms with Gasteiger partial charge in [-0.3, -0.25) is 9.59 Å². The predicted molar refractivity (Wildman–Crippen MR) is 116 cm³/mol. The summed E-state index contributed by atoms with van der Waals surface area (Å²) in [5.74, 6) is -0.549. The second-order valence-corrected chi connectivity index (χ2v) is 9.25. The lowest BCUT2D eigenvalue weighted by Gasteiger charge is -2.38. The Kier molecular flexibility index (Phi) is 6.91. The normalized spacial score (nSPS) is 14.6. The van der Waals surface area contributed by atoms with Crippen LogP contribution < -0.4 is 10.6 Å². The Hall–Kier alpha value is -2.68. The number of carbonyl (C=O) groups is 2. The number of sulfonamides is 1. The largest absolute Gasteiger partial charge is 0.347 e. The van der Waals surface area contributed by atoms with Crippen molar-refractivity contribution in [3.63, 3.8) is 0 Å². The first-order valence-electron chi connectivity index (χ1n) is 9.36. The Bertz CT molecular complexity index is 1050. The lowest BCUT2D eigenvalue weighted by molar-refractivity contribution is -0.118. The number of aryl methyl sites for hydroxylation is 1. The van der Waals surface area contributed by atoms with Crippen LogP contribution >= 0.6 is 11.6 Å². The van der Waals surface area contributed by atoms with Gasteiger partial charge in [-0.15, -0.1) is 0 Å². The monoisotopic (exact) mass is 447 g/mol. The minimum atomic E-state index is -3.73. The molecule has 1 saturated heterocycles. The molecule has 9 heteroatoms. The van der Waals surface area contributed by atoms with Crippen LogP contribution in [-0.4, -0.2) is 43.7 Å². The number of rotatable bonds is 8. The average molecular weight is 448 g/mol. The van der Waals surface area contributed by atoms with E-state index in [2.05, 4.69) is 17.2 Å². The van der Waals surface area contributed by atoms with Gasteiger partial charge in [0.2, 0.25) is 21.8 Å². The van der Waals surface area contributed by atoms with Crippen molar-refractivity contribution in [3.8, 4) is 0 Å². The zero-order valence-corrected chi connectivity index (χ0v) is 17.7. The van der Waals surface area contributed by atoms with E-state index in [0.717, 1.165) is 11.6 Å². The maximum absolute atomic E-state index is 12.7. The molecular formula is C21H22ClN3O4S. The number of nitrogens with zero attached hydrogens (tertiary/aromatic N) is 1. The highest BCUT2D eigenvalue weighted by Crippen LogP contribution is 2.29. The fourth-order valence-corrected chi connectivity index (χ4v) is 4.86. The lowest BCUT2D eigenvalue weighted by Crippen LogP contribution is -2.60. The van der Waals surface area contributed by atoms with Gasteiger partial charge < -0.3 is 10.6 Å². The number of amides is 2. The fraction of sp³-hybridized carbons (Fsp3) is 0.238. The first-order valence-corrected chi connectivity index (χ1v) is 11.2. The first-order chi connectivity index (χ1) is 14.3. The summed E-state index contributed by atoms with van der Waals surface area (Å²) >= 11 is 6.21. The van der Waals surface area contributed by atoms with Gasteiger partial charge in [0.1, 0.15) is 0 Å². The number of benzene rings is 2. The molecule has 0 atom stereocenters. The van der Waals surface area contributed by atoms with E-state index in [4.69, 9.17) is 11.6 Å². The third-order valence-electron chi connectivity index (χ3n) is 4.72. The zero-order valence-electron chi connectivity index (χ0n) is 16.2. The molecule has 0 spiro atoms. The summed E-state index contributed by atoms with van der Waals surface area (Å²) in [4.78, 5) is 23.5. The predicted octanol–water partition coefficient (Wildman–Crippen LogP) is 2.59. The van der Waals surface area contributed by atoms with E-state index in [1.165, 1.54) is 22.5 Å². The maximum atomic E-state index is 12.7. The van der Waals surface area contributed by atoms with Crippen molar-refractivity contribution in [1.82, 2.24) is 9.62 Å². The van der Waals surface area contributed by atoms with Crippen LogP contribution in [0, 0.1) is 0 Å². The van der Waals surface area contributed by atoms with Gasteiger partial charge in [-0.25, -0.2) is 8.42 Å². The molecular weight excluding hydrogens is 426 g/mol. The van der Waals surface area contributed by atoms with Crippen molar-refractivity contribution in [3.05, 3.63) is 71.8 Å². The molecule has 0 bridgehead atoms. The summed E-state index contributed by atoms with van der Waals surface area (Å²) in [5, 5.41) is 5.50. The average Bonchev–Trinajstić information content (AvgIpc) is 2.70. The smallest absolute Gasteiger partial charge is 0.243 e. The molecule has 0 radical (unpaired) electrons. The molecule has 158 valence electrons. The van der Waals surface area contributed by atoms with E-state index < -0.39 is 10.0 Å². The standard InChI is InChI=1S/C21H22ClN3O4S/c1-2-20(26)23-16-13-25(14-16)30(28,29)17-9-10-19(18(22)12-17)24-21(27)11-8-15-6-4-3-5-7-15/h2-7,9-10,12,16H,1,8,11,13-14H2,(H,23,26)(H,24,27). The van der Waals surface area contributed by atoms with Gasteiger partial charge in [-0.1, -0.05) is 48.5 Å². The highest BCUT2D eigenvalue weighted by molar-refractivity contribution is 7.89. The molecule has 0 unspecified atom stereocenters. The van der Waals surface area contributed by atoms with E-state index in [1.807, 2.05) is 30.3 Å². The van der Waals surface area contributed by atoms with Gasteiger partial charge in [0.25, 0.3) is 0 Å². The highest BCUT2D eigenvalue weighted by atomic mass is 35.5. The van der Waals surface area contributed by atoms with Crippen LogP contribution in [0.2, 0.25) is 5.02 Å². The number of halogens is 1. The molecule has 2 aromatic rings. The summed E-state index contributed by atoms with van der Waals surface area (Å²) in [7, 11) is -3.73. The third-order valence-corrected chi connectivity index (χ3v) is 6.86. The van der Waals surface area contributed by atoms with E-state index in [0.29, 0.717) is 12.1 Å². The minimum Gasteiger partial charge on any atom is -0.347 e. The number of nitrogens with one attached hydrogen (secondary N) is 2. The van der Waals surface area contributed by atoms with E-state index in [-0.39, 0.29) is 47.3 Å². The van der Waals surface area contributed by atoms with Crippen molar-refractivity contribution in [2.24, 2.45) is 0 Å². The topological polar surface area (TPSA) is 95.6 Å². The van der Waals surface area contributed by atoms with Crippen molar-refractivity contribution >= 4 is 39.1 Å². The van der Waals surface area contributed by atoms with Crippen LogP contribution in [0.4, 0.5) is 5.69 Å². The molecule has 2 amide bonds. The molecule has 3 rings (SSSR count). The Morgan fingerprint density at radius 2 is 1.87 bits per heavy atom. The Labute approximate surface area is 180 Å². The molecule has 1 fully saturated rings. The third kappa shape index (κ3) is 5.27. The molecule has 0 saturated carbocycles. The summed E-state index contributed by atoms with van der Waals surface area (Å²) in [6.45, 7) is 3.72. The maximum Gasteiger partial charge on any atom is 0.243 e. The number of hydrogen-bond acceptors (Lipinski definition) is 4. The van der Waals surface area contributed by atoms with Gasteiger partial charge in [0.05, 0.1) is 21.6 Å². The van der Waals surface area contributed by atoms with E-state index >= 15 is 0 Å². The molecule has 1 aliphatic heterocycles. The summed E-state index contributed by atoms with van der Waals surface area (Å²) in [6, 6.07) is 13.6. The molecule has 2 N–H and O–H groups in total. The summed E-state index contributed by atoms with van der Waals surface area (Å²) in [6.07, 6.45) is 2.02. The van der Waals surface area contributed by atoms with Gasteiger partial charge in [-0.05, 0) is 36.3 Å². The second kappa shape index (κ2) is 9.42. The van der Waals surface area contributed by atoms with Crippen LogP contribution in [0.25, 0.3) is 0 Å². The molecule has 0 aromatic heterocycles. The van der Waals surface area contributed by atoms with Crippen molar-refractivity contribution in [2.45, 2.75) is 23.8 Å². The second-order valence-electron chi connectivity index (χ2n) is 6.91. The Balaban J connectivity index is 1.58. The lowest BCUT2D eigenvalue weighted by atomic mass is 10.1. The molecule has 2 aromatic carbocycles. The SMILES string of the molecule is C=CC(=O)NC1CN(S(=O)(=O)c2ccc(NC(=O)CCc3ccccc3)c(Cl)c2)C1. The van der Waals surface area contributed by atoms with Gasteiger partial charge in [-0.2, -0.15) is 4.31 Å². The Morgan fingerprint density at radius 1 is 1.17 bits per heavy atom. The van der Waals surface area contributed by atoms with Crippen molar-refractivity contribution < 1.29 is 18.0 Å². The van der Waals surface area contributed by atoms with Crippen molar-refractivity contribution in [2.75, 3.05) is 18.4 Å². The van der Waals surface area contributed by atoms with Crippen LogP contribution in [0.5, 0.6) is 0 Å². The molecule has 1 heterocycles. The van der Waals surface area contributed by atoms with Gasteiger partial charge in [0, 0.05) is 19.5 Å². The van der Waals surface area contributed by atoms with Gasteiger partial charge in [0.15, 0.2) is 0 Å². The summed E-state index contributed by atoms with van der Waals surface area (Å²) in [5.41, 5.74) is 1.41. The van der Waals surface area contributed by atoms with Crippen LogP contribution in [0.15, 0.2) is 66.1 Å². The van der Waals surface area contributed by atoms with E-state index in [9.17, 15) is 18.0 Å². The number of carbonyl (C=O) groups excluding carboxylic acids is 2. The quantitative estimate of drug-likeness (QED) is 0.608. The Morgan fingerprint density at radius 3 is 2.50 bits per heavy atom. The number of hydrogen-bond donors (Lipinski definition) is 2. The van der Waals surface area contributed by atoms with Crippen LogP contribution in [-0.2, 0) is 26.0 Å². The van der Waals surface area contributed by atoms with Crippen LogP contribution in [0.3, 0.4) is 0 Å².